The van der Waals surface area contributed by atoms with Crippen LogP contribution in [0.1, 0.15) is 84.2 Å². The third kappa shape index (κ3) is 8.62. The molecule has 1 aromatic carbocycles. The lowest BCUT2D eigenvalue weighted by molar-refractivity contribution is 0.105. The number of carbonyl (C=O) groups is 1. The van der Waals surface area contributed by atoms with E-state index in [4.69, 9.17) is 5.26 Å². The molecule has 37 heavy (non-hydrogen) atoms. The molecular weight excluding hydrogens is 476 g/mol. The zero-order valence-electron chi connectivity index (χ0n) is 23.1. The van der Waals surface area contributed by atoms with Crippen molar-refractivity contribution in [3.8, 4) is 29.8 Å². The highest BCUT2D eigenvalue weighted by Gasteiger charge is 2.20. The van der Waals surface area contributed by atoms with Crippen molar-refractivity contribution >= 4 is 17.1 Å². The van der Waals surface area contributed by atoms with Crippen LogP contribution in [0.5, 0.6) is 0 Å². The maximum atomic E-state index is 12.3. The first kappa shape index (κ1) is 29.9. The van der Waals surface area contributed by atoms with Gasteiger partial charge in [0.2, 0.25) is 11.2 Å². The number of nitriles is 1. The van der Waals surface area contributed by atoms with Gasteiger partial charge in [0.1, 0.15) is 10.9 Å². The predicted octanol–water partition coefficient (Wildman–Crippen LogP) is 6.26. The topological polar surface area (TPSA) is 61.2 Å². The lowest BCUT2D eigenvalue weighted by Crippen LogP contribution is -2.31. The fraction of sp³-hybridized carbons (Fsp3) is 0.469. The predicted molar refractivity (Wildman–Crippen MR) is 156 cm³/mol. The summed E-state index contributed by atoms with van der Waals surface area (Å²) >= 11 is 1.30. The SMILES string of the molecule is CCC#CC1CCC(N(C)C)CC1.Cc1c#cc(=O)c(CC#CC(=O)c2c(C#N)sc(C)c2C)c(C)c1.[HH].[HH]. The molecule has 0 atom stereocenters. The maximum absolute atomic E-state index is 12.3. The zero-order chi connectivity index (χ0) is 27.5. The average molecular weight is 517 g/mol. The molecule has 196 valence electrons. The lowest BCUT2D eigenvalue weighted by atomic mass is 9.86. The van der Waals surface area contributed by atoms with Gasteiger partial charge in [-0.25, -0.2) is 0 Å². The number of aryl methyl sites for hydroxylation is 3. The van der Waals surface area contributed by atoms with E-state index in [1.165, 1.54) is 37.0 Å². The summed E-state index contributed by atoms with van der Waals surface area (Å²) in [6.45, 7) is 9.48. The summed E-state index contributed by atoms with van der Waals surface area (Å²) < 4.78 is 0. The number of thiophene rings is 1. The molecule has 1 saturated carbocycles. The Balaban J connectivity index is 0.000000823. The molecule has 1 aromatic heterocycles. The first-order valence-electron chi connectivity index (χ1n) is 12.7. The summed E-state index contributed by atoms with van der Waals surface area (Å²) in [6, 6.07) is 10.0. The van der Waals surface area contributed by atoms with Crippen molar-refractivity contribution in [2.75, 3.05) is 14.1 Å². The molecule has 0 aliphatic heterocycles. The smallest absolute Gasteiger partial charge is 0.238 e. The van der Waals surface area contributed by atoms with Gasteiger partial charge in [0.15, 0.2) is 0 Å². The van der Waals surface area contributed by atoms with Gasteiger partial charge in [0.25, 0.3) is 0 Å². The van der Waals surface area contributed by atoms with Gasteiger partial charge >= 0.3 is 0 Å². The summed E-state index contributed by atoms with van der Waals surface area (Å²) in [5, 5.41) is 9.15. The van der Waals surface area contributed by atoms with E-state index >= 15 is 0 Å². The Bertz CT molecular complexity index is 1340. The van der Waals surface area contributed by atoms with E-state index < -0.39 is 0 Å². The number of hydrogen-bond acceptors (Lipinski definition) is 5. The van der Waals surface area contributed by atoms with Gasteiger partial charge in [-0.3, -0.25) is 9.59 Å². The van der Waals surface area contributed by atoms with Crippen LogP contribution in [0.4, 0.5) is 0 Å². The summed E-state index contributed by atoms with van der Waals surface area (Å²) in [6.07, 6.45) is 6.43. The average Bonchev–Trinajstić information content (AvgIpc) is 3.10. The molecule has 1 aliphatic carbocycles. The molecule has 0 unspecified atom stereocenters. The number of nitrogens with zero attached hydrogens (tertiary/aromatic N) is 2. The second kappa shape index (κ2) is 14.4. The summed E-state index contributed by atoms with van der Waals surface area (Å²) in [5.74, 6) is 12.2. The molecule has 1 aliphatic rings. The van der Waals surface area contributed by atoms with E-state index in [-0.39, 0.29) is 20.5 Å². The minimum absolute atomic E-state index is 0. The van der Waals surface area contributed by atoms with Gasteiger partial charge < -0.3 is 4.90 Å². The van der Waals surface area contributed by atoms with E-state index in [9.17, 15) is 9.59 Å². The number of carbonyl (C=O) groups excluding carboxylic acids is 1. The monoisotopic (exact) mass is 516 g/mol. The van der Waals surface area contributed by atoms with Crippen LogP contribution in [-0.4, -0.2) is 30.8 Å². The lowest BCUT2D eigenvalue weighted by Gasteiger charge is -2.30. The van der Waals surface area contributed by atoms with Crippen molar-refractivity contribution in [1.82, 2.24) is 4.90 Å². The van der Waals surface area contributed by atoms with Crippen molar-refractivity contribution in [2.24, 2.45) is 5.92 Å². The Morgan fingerprint density at radius 1 is 1.14 bits per heavy atom. The van der Waals surface area contributed by atoms with E-state index in [1.54, 1.807) is 0 Å². The third-order valence-corrected chi connectivity index (χ3v) is 7.76. The van der Waals surface area contributed by atoms with Crippen LogP contribution in [0.2, 0.25) is 0 Å². The molecule has 1 fully saturated rings. The Labute approximate surface area is 229 Å². The van der Waals surface area contributed by atoms with Crippen LogP contribution >= 0.6 is 11.3 Å². The zero-order valence-corrected chi connectivity index (χ0v) is 23.9. The van der Waals surface area contributed by atoms with Crippen molar-refractivity contribution in [1.29, 1.82) is 5.26 Å². The van der Waals surface area contributed by atoms with Gasteiger partial charge in [0, 0.05) is 38.1 Å². The third-order valence-electron chi connectivity index (χ3n) is 6.65. The quantitative estimate of drug-likeness (QED) is 0.275. The van der Waals surface area contributed by atoms with Crippen molar-refractivity contribution in [3.63, 3.8) is 0 Å². The van der Waals surface area contributed by atoms with Gasteiger partial charge in [-0.2, -0.15) is 5.26 Å². The van der Waals surface area contributed by atoms with Crippen LogP contribution in [-0.2, 0) is 6.42 Å². The molecule has 0 saturated heterocycles. The molecule has 3 rings (SSSR count). The number of hydrogen-bond donors (Lipinski definition) is 0. The molecule has 5 heteroatoms. The maximum Gasteiger partial charge on any atom is 0.238 e. The molecule has 0 radical (unpaired) electrons. The molecule has 0 bridgehead atoms. The van der Waals surface area contributed by atoms with Gasteiger partial charge in [-0.1, -0.05) is 24.8 Å². The van der Waals surface area contributed by atoms with Crippen molar-refractivity contribution < 1.29 is 7.65 Å². The fourth-order valence-electron chi connectivity index (χ4n) is 4.31. The molecule has 4 nitrogen and oxygen atoms in total. The largest absolute Gasteiger partial charge is 0.306 e. The van der Waals surface area contributed by atoms with Crippen LogP contribution in [0.3, 0.4) is 0 Å². The second-order valence-electron chi connectivity index (χ2n) is 9.62. The highest BCUT2D eigenvalue weighted by Crippen LogP contribution is 2.27. The number of rotatable bonds is 3. The van der Waals surface area contributed by atoms with Crippen LogP contribution in [0.15, 0.2) is 10.9 Å². The minimum Gasteiger partial charge on any atom is -0.306 e. The van der Waals surface area contributed by atoms with E-state index in [2.05, 4.69) is 61.7 Å². The van der Waals surface area contributed by atoms with Crippen LogP contribution in [0, 0.1) is 80.8 Å². The first-order valence-corrected chi connectivity index (χ1v) is 13.5. The summed E-state index contributed by atoms with van der Waals surface area (Å²) in [4.78, 5) is 28.0. The molecular formula is C32H40N2O2S. The highest BCUT2D eigenvalue weighted by molar-refractivity contribution is 7.13. The first-order chi connectivity index (χ1) is 17.6. The van der Waals surface area contributed by atoms with Crippen LogP contribution < -0.4 is 5.43 Å². The fourth-order valence-corrected chi connectivity index (χ4v) is 5.27. The molecule has 2 aromatic rings. The van der Waals surface area contributed by atoms with Gasteiger partial charge in [-0.05, 0) is 102 Å². The Morgan fingerprint density at radius 3 is 2.41 bits per heavy atom. The van der Waals surface area contributed by atoms with Gasteiger partial charge in [-0.15, -0.1) is 17.3 Å². The van der Waals surface area contributed by atoms with E-state index in [0.717, 1.165) is 34.0 Å². The van der Waals surface area contributed by atoms with E-state index in [0.29, 0.717) is 21.9 Å². The Hall–Kier alpha value is -3.35. The van der Waals surface area contributed by atoms with E-state index in [1.807, 2.05) is 39.8 Å². The molecule has 0 N–H and O–H groups in total. The van der Waals surface area contributed by atoms with Crippen molar-refractivity contribution in [3.05, 3.63) is 66.0 Å². The molecule has 0 spiro atoms. The van der Waals surface area contributed by atoms with Crippen LogP contribution in [0.25, 0.3) is 0 Å². The van der Waals surface area contributed by atoms with Crippen molar-refractivity contribution in [2.45, 2.75) is 79.2 Å². The van der Waals surface area contributed by atoms with Gasteiger partial charge in [0.05, 0.1) is 5.56 Å². The standard InChI is InChI=1S/C20H15NO2S.C12H21N.2H2/c1-12-8-9-17(22)16(13(2)10-12)6-5-7-18(23)20-14(3)15(4)24-19(20)11-21;1-4-5-6-11-7-9-12(10-8-11)13(2)3;;/h10H,6H2,1-4H3;11-12H,4,7-10H2,1-3H3;2*1H. The number of ketones is 1. The summed E-state index contributed by atoms with van der Waals surface area (Å²) in [5.41, 5.74) is 3.04. The Kier molecular flexibility index (Phi) is 11.6. The Morgan fingerprint density at radius 2 is 1.81 bits per heavy atom. The molecule has 0 amide bonds. The minimum atomic E-state index is -0.384. The second-order valence-corrected chi connectivity index (χ2v) is 10.8. The molecule has 1 heterocycles. The number of Topliss-reactive ketones (excluding diaryl/α,β-unsaturated/α-hetero) is 1. The normalized spacial score (nSPS) is 16.1. The summed E-state index contributed by atoms with van der Waals surface area (Å²) in [7, 11) is 4.37. The highest BCUT2D eigenvalue weighted by atomic mass is 32.1.